The molecule has 0 aromatic carbocycles. The van der Waals surface area contributed by atoms with Crippen LogP contribution >= 0.6 is 11.3 Å². The SMILES string of the molecule is Cc1nc(-c2ncco2)sc1N. The number of nitrogen functional groups attached to an aromatic ring is 1. The summed E-state index contributed by atoms with van der Waals surface area (Å²) in [6.45, 7) is 1.86. The van der Waals surface area contributed by atoms with E-state index >= 15 is 0 Å². The first-order valence-corrected chi connectivity index (χ1v) is 4.22. The molecule has 0 aliphatic rings. The summed E-state index contributed by atoms with van der Waals surface area (Å²) in [5, 5.41) is 1.44. The van der Waals surface area contributed by atoms with Gasteiger partial charge in [0, 0.05) is 0 Å². The van der Waals surface area contributed by atoms with Crippen molar-refractivity contribution in [3.63, 3.8) is 0 Å². The van der Waals surface area contributed by atoms with Gasteiger partial charge in [0.05, 0.1) is 11.9 Å². The van der Waals surface area contributed by atoms with Crippen LogP contribution in [-0.4, -0.2) is 9.97 Å². The van der Waals surface area contributed by atoms with Crippen LogP contribution in [0.3, 0.4) is 0 Å². The van der Waals surface area contributed by atoms with E-state index in [1.807, 2.05) is 6.92 Å². The third kappa shape index (κ3) is 1.08. The van der Waals surface area contributed by atoms with Crippen molar-refractivity contribution in [2.75, 3.05) is 5.73 Å². The molecule has 2 aromatic heterocycles. The van der Waals surface area contributed by atoms with Gasteiger partial charge >= 0.3 is 0 Å². The van der Waals surface area contributed by atoms with Crippen LogP contribution in [-0.2, 0) is 0 Å². The summed E-state index contributed by atoms with van der Waals surface area (Å²) in [6, 6.07) is 0. The number of thiazole rings is 1. The van der Waals surface area contributed by atoms with Crippen LogP contribution in [0.2, 0.25) is 0 Å². The van der Waals surface area contributed by atoms with E-state index in [0.717, 1.165) is 10.7 Å². The zero-order chi connectivity index (χ0) is 8.55. The molecule has 2 aromatic rings. The Hall–Kier alpha value is -1.36. The molecule has 2 heterocycles. The van der Waals surface area contributed by atoms with E-state index in [9.17, 15) is 0 Å². The van der Waals surface area contributed by atoms with Crippen molar-refractivity contribution in [1.29, 1.82) is 0 Å². The molecular formula is C7H7N3OS. The number of nitrogens with zero attached hydrogens (tertiary/aromatic N) is 2. The molecule has 2 N–H and O–H groups in total. The van der Waals surface area contributed by atoms with Crippen LogP contribution in [0, 0.1) is 6.92 Å². The molecule has 4 nitrogen and oxygen atoms in total. The Labute approximate surface area is 73.1 Å². The molecule has 0 bridgehead atoms. The number of hydrogen-bond donors (Lipinski definition) is 1. The molecule has 0 radical (unpaired) electrons. The van der Waals surface area contributed by atoms with E-state index in [1.54, 1.807) is 6.20 Å². The molecule has 0 unspecified atom stereocenters. The second kappa shape index (κ2) is 2.60. The van der Waals surface area contributed by atoms with Gasteiger partial charge in [-0.25, -0.2) is 9.97 Å². The van der Waals surface area contributed by atoms with Crippen LogP contribution in [0.25, 0.3) is 10.9 Å². The maximum atomic E-state index is 5.63. The van der Waals surface area contributed by atoms with E-state index in [1.165, 1.54) is 17.6 Å². The highest BCUT2D eigenvalue weighted by Gasteiger charge is 2.09. The van der Waals surface area contributed by atoms with Crippen molar-refractivity contribution in [2.24, 2.45) is 0 Å². The van der Waals surface area contributed by atoms with Crippen molar-refractivity contribution < 1.29 is 4.42 Å². The maximum absolute atomic E-state index is 5.63. The highest BCUT2D eigenvalue weighted by Crippen LogP contribution is 2.27. The van der Waals surface area contributed by atoms with Crippen LogP contribution in [0.1, 0.15) is 5.69 Å². The molecule has 0 amide bonds. The highest BCUT2D eigenvalue weighted by molar-refractivity contribution is 7.18. The Morgan fingerprint density at radius 1 is 1.58 bits per heavy atom. The Kier molecular flexibility index (Phi) is 1.58. The minimum absolute atomic E-state index is 0.528. The van der Waals surface area contributed by atoms with E-state index in [0.29, 0.717) is 10.9 Å². The quantitative estimate of drug-likeness (QED) is 0.727. The Morgan fingerprint density at radius 3 is 2.92 bits per heavy atom. The highest BCUT2D eigenvalue weighted by atomic mass is 32.1. The van der Waals surface area contributed by atoms with Gasteiger partial charge in [0.25, 0.3) is 5.89 Å². The van der Waals surface area contributed by atoms with Crippen molar-refractivity contribution in [3.05, 3.63) is 18.2 Å². The summed E-state index contributed by atoms with van der Waals surface area (Å²) in [4.78, 5) is 8.16. The zero-order valence-corrected chi connectivity index (χ0v) is 7.26. The van der Waals surface area contributed by atoms with Gasteiger partial charge in [-0.3, -0.25) is 0 Å². The van der Waals surface area contributed by atoms with Gasteiger partial charge in [-0.1, -0.05) is 11.3 Å². The minimum Gasteiger partial charge on any atom is -0.443 e. The number of rotatable bonds is 1. The number of hydrogen-bond acceptors (Lipinski definition) is 5. The molecule has 2 rings (SSSR count). The van der Waals surface area contributed by atoms with E-state index in [-0.39, 0.29) is 0 Å². The first-order chi connectivity index (χ1) is 5.77. The fraction of sp³-hybridized carbons (Fsp3) is 0.143. The fourth-order valence-corrected chi connectivity index (χ4v) is 1.60. The topological polar surface area (TPSA) is 64.9 Å². The predicted octanol–water partition coefficient (Wildman–Crippen LogP) is 1.69. The summed E-state index contributed by atoms with van der Waals surface area (Å²) in [5.41, 5.74) is 6.46. The van der Waals surface area contributed by atoms with Crippen molar-refractivity contribution >= 4 is 16.3 Å². The average Bonchev–Trinajstić information content (AvgIpc) is 2.61. The van der Waals surface area contributed by atoms with Crippen molar-refractivity contribution in [3.8, 4) is 10.9 Å². The summed E-state index contributed by atoms with van der Waals surface area (Å²) in [5.74, 6) is 0.528. The van der Waals surface area contributed by atoms with Crippen LogP contribution in [0.4, 0.5) is 5.00 Å². The van der Waals surface area contributed by atoms with Gasteiger partial charge in [-0.2, -0.15) is 0 Å². The van der Waals surface area contributed by atoms with Gasteiger partial charge in [0.1, 0.15) is 11.3 Å². The second-order valence-electron chi connectivity index (χ2n) is 2.31. The molecule has 0 atom stereocenters. The van der Waals surface area contributed by atoms with E-state index in [4.69, 9.17) is 10.2 Å². The summed E-state index contributed by atoms with van der Waals surface area (Å²) < 4.78 is 5.07. The Morgan fingerprint density at radius 2 is 2.42 bits per heavy atom. The summed E-state index contributed by atoms with van der Waals surface area (Å²) >= 11 is 1.38. The Bertz CT molecular complexity index is 360. The van der Waals surface area contributed by atoms with Gasteiger partial charge in [-0.15, -0.1) is 0 Å². The fourth-order valence-electron chi connectivity index (χ4n) is 0.829. The lowest BCUT2D eigenvalue weighted by Gasteiger charge is -1.82. The smallest absolute Gasteiger partial charge is 0.255 e. The normalized spacial score (nSPS) is 10.4. The first-order valence-electron chi connectivity index (χ1n) is 3.40. The van der Waals surface area contributed by atoms with Crippen molar-refractivity contribution in [1.82, 2.24) is 9.97 Å². The standard InChI is InChI=1S/C7H7N3OS/c1-4-5(8)12-7(10-4)6-9-2-3-11-6/h2-3H,8H2,1H3. The molecule has 0 saturated heterocycles. The molecule has 12 heavy (non-hydrogen) atoms. The average molecular weight is 181 g/mol. The minimum atomic E-state index is 0.528. The van der Waals surface area contributed by atoms with Crippen LogP contribution in [0.5, 0.6) is 0 Å². The monoisotopic (exact) mass is 181 g/mol. The molecule has 5 heteroatoms. The third-order valence-corrected chi connectivity index (χ3v) is 2.42. The van der Waals surface area contributed by atoms with Gasteiger partial charge < -0.3 is 10.2 Å². The number of aromatic nitrogens is 2. The van der Waals surface area contributed by atoms with Gasteiger partial charge in [-0.05, 0) is 6.92 Å². The molecule has 0 spiro atoms. The predicted molar refractivity (Wildman–Crippen MR) is 46.8 cm³/mol. The molecule has 0 aliphatic heterocycles. The molecule has 62 valence electrons. The number of aryl methyl sites for hydroxylation is 1. The number of oxazole rings is 1. The molecular weight excluding hydrogens is 174 g/mol. The number of anilines is 1. The maximum Gasteiger partial charge on any atom is 0.255 e. The largest absolute Gasteiger partial charge is 0.443 e. The van der Waals surface area contributed by atoms with E-state index in [2.05, 4.69) is 9.97 Å². The molecule has 0 saturated carbocycles. The lowest BCUT2D eigenvalue weighted by molar-refractivity contribution is 0.574. The van der Waals surface area contributed by atoms with Gasteiger partial charge in [0.2, 0.25) is 0 Å². The first kappa shape index (κ1) is 7.30. The van der Waals surface area contributed by atoms with E-state index < -0.39 is 0 Å². The molecule has 0 aliphatic carbocycles. The molecule has 0 fully saturated rings. The second-order valence-corrected chi connectivity index (χ2v) is 3.34. The summed E-state index contributed by atoms with van der Waals surface area (Å²) in [6.07, 6.45) is 3.10. The lowest BCUT2D eigenvalue weighted by atomic mass is 10.5. The van der Waals surface area contributed by atoms with Gasteiger partial charge in [0.15, 0.2) is 5.01 Å². The lowest BCUT2D eigenvalue weighted by Crippen LogP contribution is -1.81. The summed E-state index contributed by atoms with van der Waals surface area (Å²) in [7, 11) is 0. The van der Waals surface area contributed by atoms with Crippen LogP contribution < -0.4 is 5.73 Å². The zero-order valence-electron chi connectivity index (χ0n) is 6.44. The Balaban J connectivity index is 2.48. The number of nitrogens with two attached hydrogens (primary N) is 1. The van der Waals surface area contributed by atoms with Crippen LogP contribution in [0.15, 0.2) is 16.9 Å². The van der Waals surface area contributed by atoms with Crippen molar-refractivity contribution in [2.45, 2.75) is 6.92 Å². The third-order valence-electron chi connectivity index (χ3n) is 1.45.